The SMILES string of the molecule is O=C(CCOc1cccc(Br)c1)NCC1(CO)CC1. The molecule has 0 heterocycles. The van der Waals surface area contributed by atoms with E-state index in [2.05, 4.69) is 21.2 Å². The summed E-state index contributed by atoms with van der Waals surface area (Å²) in [5.74, 6) is 0.714. The lowest BCUT2D eigenvalue weighted by atomic mass is 10.1. The number of hydrogen-bond donors (Lipinski definition) is 2. The van der Waals surface area contributed by atoms with Crippen LogP contribution in [0.25, 0.3) is 0 Å². The molecule has 1 saturated carbocycles. The van der Waals surface area contributed by atoms with Crippen molar-refractivity contribution in [2.75, 3.05) is 19.8 Å². The van der Waals surface area contributed by atoms with E-state index in [9.17, 15) is 4.79 Å². The highest BCUT2D eigenvalue weighted by atomic mass is 79.9. The van der Waals surface area contributed by atoms with Crippen LogP contribution in [0.1, 0.15) is 19.3 Å². The minimum atomic E-state index is -0.0409. The maximum Gasteiger partial charge on any atom is 0.223 e. The molecule has 0 saturated heterocycles. The van der Waals surface area contributed by atoms with Crippen molar-refractivity contribution in [1.82, 2.24) is 5.32 Å². The van der Waals surface area contributed by atoms with Crippen molar-refractivity contribution in [2.24, 2.45) is 5.41 Å². The maximum atomic E-state index is 11.6. The fourth-order valence-electron chi connectivity index (χ4n) is 1.76. The number of carbonyl (C=O) groups is 1. The zero-order valence-corrected chi connectivity index (χ0v) is 12.3. The third kappa shape index (κ3) is 4.51. The highest BCUT2D eigenvalue weighted by Gasteiger charge is 2.41. The van der Waals surface area contributed by atoms with Gasteiger partial charge in [0, 0.05) is 16.4 Å². The molecule has 0 aliphatic heterocycles. The van der Waals surface area contributed by atoms with E-state index in [1.807, 2.05) is 24.3 Å². The second-order valence-corrected chi connectivity index (χ2v) is 5.91. The Hall–Kier alpha value is -1.07. The van der Waals surface area contributed by atoms with Gasteiger partial charge in [-0.25, -0.2) is 0 Å². The van der Waals surface area contributed by atoms with Crippen LogP contribution in [0.5, 0.6) is 5.75 Å². The van der Waals surface area contributed by atoms with Crippen molar-refractivity contribution in [3.63, 3.8) is 0 Å². The van der Waals surface area contributed by atoms with Gasteiger partial charge >= 0.3 is 0 Å². The Morgan fingerprint density at radius 2 is 2.26 bits per heavy atom. The predicted molar refractivity (Wildman–Crippen MR) is 76.0 cm³/mol. The van der Waals surface area contributed by atoms with Crippen LogP contribution in [0.3, 0.4) is 0 Å². The number of halogens is 1. The van der Waals surface area contributed by atoms with Crippen LogP contribution in [0.15, 0.2) is 28.7 Å². The van der Waals surface area contributed by atoms with Gasteiger partial charge in [0.2, 0.25) is 5.91 Å². The fourth-order valence-corrected chi connectivity index (χ4v) is 2.14. The Balaban J connectivity index is 1.64. The molecule has 0 unspecified atom stereocenters. The molecule has 0 aromatic heterocycles. The molecule has 1 aromatic rings. The number of aliphatic hydroxyl groups excluding tert-OH is 1. The molecule has 0 bridgehead atoms. The molecule has 2 N–H and O–H groups in total. The van der Waals surface area contributed by atoms with Gasteiger partial charge in [-0.05, 0) is 31.0 Å². The Morgan fingerprint density at radius 3 is 2.89 bits per heavy atom. The van der Waals surface area contributed by atoms with Crippen LogP contribution in [0.4, 0.5) is 0 Å². The molecule has 1 fully saturated rings. The van der Waals surface area contributed by atoms with Crippen LogP contribution in [0.2, 0.25) is 0 Å². The van der Waals surface area contributed by atoms with Crippen molar-refractivity contribution in [3.8, 4) is 5.75 Å². The van der Waals surface area contributed by atoms with Crippen molar-refractivity contribution in [2.45, 2.75) is 19.3 Å². The van der Waals surface area contributed by atoms with E-state index in [-0.39, 0.29) is 17.9 Å². The summed E-state index contributed by atoms with van der Waals surface area (Å²) >= 11 is 3.36. The highest BCUT2D eigenvalue weighted by molar-refractivity contribution is 9.10. The van der Waals surface area contributed by atoms with Gasteiger partial charge < -0.3 is 15.2 Å². The normalized spacial score (nSPS) is 15.9. The van der Waals surface area contributed by atoms with Gasteiger partial charge in [-0.15, -0.1) is 0 Å². The zero-order valence-electron chi connectivity index (χ0n) is 10.7. The monoisotopic (exact) mass is 327 g/mol. The number of ether oxygens (including phenoxy) is 1. The molecule has 1 aliphatic carbocycles. The summed E-state index contributed by atoms with van der Waals surface area (Å²) in [6, 6.07) is 7.53. The molecule has 104 valence electrons. The quantitative estimate of drug-likeness (QED) is 0.806. The highest BCUT2D eigenvalue weighted by Crippen LogP contribution is 2.44. The second-order valence-electron chi connectivity index (χ2n) is 4.99. The van der Waals surface area contributed by atoms with E-state index >= 15 is 0 Å². The van der Waals surface area contributed by atoms with E-state index in [1.165, 1.54) is 0 Å². The Labute approximate surface area is 121 Å². The molecule has 1 amide bonds. The number of nitrogens with one attached hydrogen (secondary N) is 1. The molecule has 0 spiro atoms. The summed E-state index contributed by atoms with van der Waals surface area (Å²) in [4.78, 5) is 11.6. The lowest BCUT2D eigenvalue weighted by Crippen LogP contribution is -2.32. The third-order valence-electron chi connectivity index (χ3n) is 3.35. The van der Waals surface area contributed by atoms with E-state index < -0.39 is 0 Å². The number of amides is 1. The third-order valence-corrected chi connectivity index (χ3v) is 3.84. The van der Waals surface area contributed by atoms with Crippen molar-refractivity contribution in [3.05, 3.63) is 28.7 Å². The molecule has 1 aliphatic rings. The minimum absolute atomic E-state index is 0.0327. The molecule has 5 heteroatoms. The van der Waals surface area contributed by atoms with Gasteiger partial charge in [-0.1, -0.05) is 22.0 Å². The largest absolute Gasteiger partial charge is 0.493 e. The van der Waals surface area contributed by atoms with E-state index in [4.69, 9.17) is 9.84 Å². The van der Waals surface area contributed by atoms with Gasteiger partial charge in [-0.3, -0.25) is 4.79 Å². The van der Waals surface area contributed by atoms with Gasteiger partial charge in [-0.2, -0.15) is 0 Å². The molecule has 0 atom stereocenters. The molecular weight excluding hydrogens is 310 g/mol. The van der Waals surface area contributed by atoms with Gasteiger partial charge in [0.15, 0.2) is 0 Å². The van der Waals surface area contributed by atoms with Gasteiger partial charge in [0.1, 0.15) is 5.75 Å². The van der Waals surface area contributed by atoms with Crippen LogP contribution < -0.4 is 10.1 Å². The predicted octanol–water partition coefficient (Wildman–Crippen LogP) is 2.11. The first kappa shape index (κ1) is 14.3. The molecular formula is C14H18BrNO3. The topological polar surface area (TPSA) is 58.6 Å². The molecule has 19 heavy (non-hydrogen) atoms. The summed E-state index contributed by atoms with van der Waals surface area (Å²) in [7, 11) is 0. The van der Waals surface area contributed by atoms with Crippen LogP contribution in [-0.2, 0) is 4.79 Å². The van der Waals surface area contributed by atoms with E-state index in [0.717, 1.165) is 23.1 Å². The van der Waals surface area contributed by atoms with Gasteiger partial charge in [0.25, 0.3) is 0 Å². The van der Waals surface area contributed by atoms with Gasteiger partial charge in [0.05, 0.1) is 19.6 Å². The maximum absolute atomic E-state index is 11.6. The standard InChI is InChI=1S/C14H18BrNO3/c15-11-2-1-3-12(8-11)19-7-4-13(18)16-9-14(10-17)5-6-14/h1-3,8,17H,4-7,9-10H2,(H,16,18). The number of carbonyl (C=O) groups excluding carboxylic acids is 1. The van der Waals surface area contributed by atoms with Crippen molar-refractivity contribution >= 4 is 21.8 Å². The number of rotatable bonds is 7. The first-order chi connectivity index (χ1) is 9.13. The molecule has 1 aromatic carbocycles. The Kier molecular flexibility index (Phi) is 4.82. The number of hydrogen-bond acceptors (Lipinski definition) is 3. The summed E-state index contributed by atoms with van der Waals surface area (Å²) in [6.45, 7) is 1.08. The minimum Gasteiger partial charge on any atom is -0.493 e. The average Bonchev–Trinajstić information content (AvgIpc) is 3.17. The lowest BCUT2D eigenvalue weighted by molar-refractivity contribution is -0.121. The average molecular weight is 328 g/mol. The van der Waals surface area contributed by atoms with E-state index in [1.54, 1.807) is 0 Å². The Morgan fingerprint density at radius 1 is 1.47 bits per heavy atom. The van der Waals surface area contributed by atoms with Crippen LogP contribution in [0, 0.1) is 5.41 Å². The van der Waals surface area contributed by atoms with Crippen molar-refractivity contribution < 1.29 is 14.6 Å². The second kappa shape index (κ2) is 6.39. The number of aliphatic hydroxyl groups is 1. The lowest BCUT2D eigenvalue weighted by Gasteiger charge is -2.13. The molecule has 0 radical (unpaired) electrons. The summed E-state index contributed by atoms with van der Waals surface area (Å²) in [5, 5.41) is 12.0. The van der Waals surface area contributed by atoms with Crippen LogP contribution >= 0.6 is 15.9 Å². The zero-order chi connectivity index (χ0) is 13.7. The van der Waals surface area contributed by atoms with E-state index in [0.29, 0.717) is 19.6 Å². The molecule has 4 nitrogen and oxygen atoms in total. The summed E-state index contributed by atoms with van der Waals surface area (Å²) < 4.78 is 6.44. The first-order valence-electron chi connectivity index (χ1n) is 6.39. The number of benzene rings is 1. The van der Waals surface area contributed by atoms with Crippen molar-refractivity contribution in [1.29, 1.82) is 0 Å². The molecule has 2 rings (SSSR count). The Bertz CT molecular complexity index is 446. The summed E-state index contributed by atoms with van der Waals surface area (Å²) in [6.07, 6.45) is 2.32. The smallest absolute Gasteiger partial charge is 0.223 e. The fraction of sp³-hybridized carbons (Fsp3) is 0.500. The first-order valence-corrected chi connectivity index (χ1v) is 7.19. The van der Waals surface area contributed by atoms with Crippen LogP contribution in [-0.4, -0.2) is 30.8 Å². The summed E-state index contributed by atoms with van der Waals surface area (Å²) in [5.41, 5.74) is -0.0409.